The van der Waals surface area contributed by atoms with Crippen LogP contribution in [0, 0.1) is 5.41 Å². The number of benzene rings is 1. The van der Waals surface area contributed by atoms with E-state index < -0.39 is 6.10 Å². The van der Waals surface area contributed by atoms with Gasteiger partial charge in [-0.2, -0.15) is 0 Å². The third-order valence-electron chi connectivity index (χ3n) is 5.98. The molecule has 1 aromatic rings. The largest absolute Gasteiger partial charge is 0.493 e. The highest BCUT2D eigenvalue weighted by Crippen LogP contribution is 2.39. The Labute approximate surface area is 172 Å². The minimum absolute atomic E-state index is 0.000854. The van der Waals surface area contributed by atoms with Crippen molar-refractivity contribution in [3.8, 4) is 11.5 Å². The van der Waals surface area contributed by atoms with E-state index in [0.717, 1.165) is 13.1 Å². The molecule has 4 rings (SSSR count). The van der Waals surface area contributed by atoms with Crippen molar-refractivity contribution in [3.63, 3.8) is 0 Å². The number of aliphatic hydroxyl groups is 1. The predicted molar refractivity (Wildman–Crippen MR) is 109 cm³/mol. The highest BCUT2D eigenvalue weighted by atomic mass is 16.5. The molecular formula is C21H32N4O4. The number of nitrogens with zero attached hydrogens (tertiary/aromatic N) is 3. The van der Waals surface area contributed by atoms with Gasteiger partial charge in [0, 0.05) is 57.8 Å². The lowest BCUT2D eigenvalue weighted by Gasteiger charge is -2.59. The van der Waals surface area contributed by atoms with Gasteiger partial charge in [0.05, 0.1) is 13.7 Å². The average Bonchev–Trinajstić information content (AvgIpc) is 2.64. The highest BCUT2D eigenvalue weighted by Gasteiger charge is 2.49. The molecule has 3 saturated heterocycles. The summed E-state index contributed by atoms with van der Waals surface area (Å²) in [6.45, 7) is 7.94. The van der Waals surface area contributed by atoms with E-state index in [1.807, 2.05) is 17.0 Å². The summed E-state index contributed by atoms with van der Waals surface area (Å²) in [7, 11) is 3.81. The van der Waals surface area contributed by atoms with E-state index in [9.17, 15) is 9.90 Å². The minimum atomic E-state index is -0.664. The number of carbonyl (C=O) groups excluding carboxylic acids is 1. The Morgan fingerprint density at radius 1 is 1.21 bits per heavy atom. The van der Waals surface area contributed by atoms with Crippen molar-refractivity contribution in [2.24, 2.45) is 5.41 Å². The fourth-order valence-electron chi connectivity index (χ4n) is 4.88. The molecule has 2 N–H and O–H groups in total. The monoisotopic (exact) mass is 404 g/mol. The molecule has 1 atom stereocenters. The zero-order valence-electron chi connectivity index (χ0n) is 17.4. The Morgan fingerprint density at radius 3 is 2.69 bits per heavy atom. The van der Waals surface area contributed by atoms with Crippen molar-refractivity contribution < 1.29 is 19.4 Å². The van der Waals surface area contributed by atoms with Crippen molar-refractivity contribution in [2.75, 3.05) is 73.1 Å². The predicted octanol–water partition coefficient (Wildman–Crippen LogP) is -0.386. The van der Waals surface area contributed by atoms with E-state index in [0.29, 0.717) is 36.5 Å². The van der Waals surface area contributed by atoms with Crippen LogP contribution >= 0.6 is 0 Å². The summed E-state index contributed by atoms with van der Waals surface area (Å²) in [6, 6.07) is 6.01. The SMILES string of the molecule is COc1cc(CN2CC3(CN(C)C3)C2)ccc1OCC(O)CN1CCNC(=O)C1. The molecule has 0 aliphatic carbocycles. The van der Waals surface area contributed by atoms with Crippen molar-refractivity contribution in [3.05, 3.63) is 23.8 Å². The first-order valence-electron chi connectivity index (χ1n) is 10.3. The molecule has 1 spiro atoms. The Morgan fingerprint density at radius 2 is 2.00 bits per heavy atom. The molecule has 3 aliphatic rings. The third kappa shape index (κ3) is 4.83. The number of hydrogen-bond acceptors (Lipinski definition) is 7. The molecule has 160 valence electrons. The number of methoxy groups -OCH3 is 1. The Hall–Kier alpha value is -1.87. The number of β-amino-alcohol motifs (C(OH)–C–C–N with tert-alkyl or cyclic N) is 1. The molecule has 0 radical (unpaired) electrons. The van der Waals surface area contributed by atoms with Crippen LogP contribution in [0.1, 0.15) is 5.56 Å². The van der Waals surface area contributed by atoms with Crippen molar-refractivity contribution in [1.29, 1.82) is 0 Å². The maximum atomic E-state index is 11.4. The van der Waals surface area contributed by atoms with Crippen LogP contribution in [0.5, 0.6) is 11.5 Å². The lowest BCUT2D eigenvalue weighted by atomic mass is 9.73. The molecular weight excluding hydrogens is 372 g/mol. The molecule has 3 heterocycles. The van der Waals surface area contributed by atoms with E-state index in [4.69, 9.17) is 9.47 Å². The molecule has 0 aromatic heterocycles. The molecule has 1 unspecified atom stereocenters. The number of carbonyl (C=O) groups is 1. The van der Waals surface area contributed by atoms with Gasteiger partial charge in [0.25, 0.3) is 0 Å². The van der Waals surface area contributed by atoms with Gasteiger partial charge in [0.2, 0.25) is 5.91 Å². The molecule has 0 bridgehead atoms. The number of likely N-dealkylation sites (tertiary alicyclic amines) is 2. The van der Waals surface area contributed by atoms with Crippen LogP contribution in [0.3, 0.4) is 0 Å². The summed E-state index contributed by atoms with van der Waals surface area (Å²) < 4.78 is 11.3. The summed E-state index contributed by atoms with van der Waals surface area (Å²) >= 11 is 0. The van der Waals surface area contributed by atoms with E-state index in [1.165, 1.54) is 31.7 Å². The number of hydrogen-bond donors (Lipinski definition) is 2. The summed E-state index contributed by atoms with van der Waals surface area (Å²) in [5.74, 6) is 1.32. The lowest BCUT2D eigenvalue weighted by Crippen LogP contribution is -2.70. The summed E-state index contributed by atoms with van der Waals surface area (Å²) in [5, 5.41) is 13.1. The summed E-state index contributed by atoms with van der Waals surface area (Å²) in [5.41, 5.74) is 1.74. The van der Waals surface area contributed by atoms with E-state index in [-0.39, 0.29) is 12.5 Å². The maximum Gasteiger partial charge on any atom is 0.234 e. The normalized spacial score (nSPS) is 23.2. The molecule has 8 heteroatoms. The first-order chi connectivity index (χ1) is 13.9. The van der Waals surface area contributed by atoms with Crippen LogP contribution in [0.4, 0.5) is 0 Å². The number of piperazine rings is 1. The van der Waals surface area contributed by atoms with E-state index >= 15 is 0 Å². The van der Waals surface area contributed by atoms with Gasteiger partial charge in [0.1, 0.15) is 12.7 Å². The first-order valence-corrected chi connectivity index (χ1v) is 10.3. The van der Waals surface area contributed by atoms with Crippen molar-refractivity contribution in [2.45, 2.75) is 12.6 Å². The van der Waals surface area contributed by atoms with Gasteiger partial charge in [0.15, 0.2) is 11.5 Å². The number of rotatable bonds is 8. The molecule has 3 fully saturated rings. The second-order valence-corrected chi connectivity index (χ2v) is 8.85. The molecule has 8 nitrogen and oxygen atoms in total. The lowest BCUT2D eigenvalue weighted by molar-refractivity contribution is -0.124. The summed E-state index contributed by atoms with van der Waals surface area (Å²) in [4.78, 5) is 18.2. The zero-order chi connectivity index (χ0) is 20.4. The first kappa shape index (κ1) is 20.4. The fourth-order valence-corrected chi connectivity index (χ4v) is 4.88. The Balaban J connectivity index is 1.25. The van der Waals surface area contributed by atoms with E-state index in [2.05, 4.69) is 28.2 Å². The molecule has 0 saturated carbocycles. The number of ether oxygens (including phenoxy) is 2. The molecule has 29 heavy (non-hydrogen) atoms. The highest BCUT2D eigenvalue weighted by molar-refractivity contribution is 5.78. The van der Waals surface area contributed by atoms with Crippen LogP contribution in [0.25, 0.3) is 0 Å². The van der Waals surface area contributed by atoms with E-state index in [1.54, 1.807) is 7.11 Å². The van der Waals surface area contributed by atoms with Gasteiger partial charge in [-0.3, -0.25) is 14.6 Å². The standard InChI is InChI=1S/C21H32N4O4/c1-23-12-21(13-23)14-25(15-21)8-16-3-4-18(19(7-16)28-2)29-11-17(26)9-24-6-5-22-20(27)10-24/h3-4,7,17,26H,5-6,8-15H2,1-2H3,(H,22,27). The third-order valence-corrected chi connectivity index (χ3v) is 5.98. The van der Waals surface area contributed by atoms with Gasteiger partial charge in [-0.25, -0.2) is 0 Å². The van der Waals surface area contributed by atoms with Crippen LogP contribution < -0.4 is 14.8 Å². The second-order valence-electron chi connectivity index (χ2n) is 8.85. The maximum absolute atomic E-state index is 11.4. The zero-order valence-corrected chi connectivity index (χ0v) is 17.4. The quantitative estimate of drug-likeness (QED) is 0.611. The van der Waals surface area contributed by atoms with Crippen LogP contribution in [-0.2, 0) is 11.3 Å². The minimum Gasteiger partial charge on any atom is -0.493 e. The molecule has 1 amide bonds. The fraction of sp³-hybridized carbons (Fsp3) is 0.667. The Bertz CT molecular complexity index is 729. The van der Waals surface area contributed by atoms with Gasteiger partial charge >= 0.3 is 0 Å². The van der Waals surface area contributed by atoms with Gasteiger partial charge in [-0.15, -0.1) is 0 Å². The molecule has 3 aliphatic heterocycles. The van der Waals surface area contributed by atoms with Crippen molar-refractivity contribution >= 4 is 5.91 Å². The number of nitrogens with one attached hydrogen (secondary N) is 1. The number of aliphatic hydroxyl groups excluding tert-OH is 1. The van der Waals surface area contributed by atoms with Crippen LogP contribution in [0.15, 0.2) is 18.2 Å². The smallest absolute Gasteiger partial charge is 0.234 e. The topological polar surface area (TPSA) is 77.5 Å². The molecule has 1 aromatic carbocycles. The van der Waals surface area contributed by atoms with Crippen LogP contribution in [0.2, 0.25) is 0 Å². The van der Waals surface area contributed by atoms with Gasteiger partial charge < -0.3 is 24.8 Å². The van der Waals surface area contributed by atoms with Gasteiger partial charge in [-0.05, 0) is 24.7 Å². The number of amides is 1. The second kappa shape index (κ2) is 8.47. The average molecular weight is 405 g/mol. The van der Waals surface area contributed by atoms with Crippen molar-refractivity contribution in [1.82, 2.24) is 20.0 Å². The van der Waals surface area contributed by atoms with Crippen LogP contribution in [-0.4, -0.2) is 105 Å². The Kier molecular flexibility index (Phi) is 5.96. The van der Waals surface area contributed by atoms with Gasteiger partial charge in [-0.1, -0.05) is 6.07 Å². The summed E-state index contributed by atoms with van der Waals surface area (Å²) in [6.07, 6.45) is -0.664.